The van der Waals surface area contributed by atoms with Gasteiger partial charge >= 0.3 is 0 Å². The summed E-state index contributed by atoms with van der Waals surface area (Å²) in [6.07, 6.45) is 3.61. The lowest BCUT2D eigenvalue weighted by atomic mass is 9.77. The van der Waals surface area contributed by atoms with Crippen LogP contribution in [0.4, 0.5) is 0 Å². The van der Waals surface area contributed by atoms with Crippen molar-refractivity contribution in [1.29, 1.82) is 0 Å². The van der Waals surface area contributed by atoms with Crippen molar-refractivity contribution in [3.8, 4) is 5.75 Å². The number of hydrogen-bond donors (Lipinski definition) is 1. The molecule has 4 rings (SSSR count). The third kappa shape index (κ3) is 3.87. The fraction of sp³-hybridized carbons (Fsp3) is 0.192. The molecule has 0 bridgehead atoms. The number of aliphatic hydroxyl groups is 1. The van der Waals surface area contributed by atoms with Gasteiger partial charge in [0.2, 0.25) is 0 Å². The molecule has 0 spiro atoms. The van der Waals surface area contributed by atoms with Crippen LogP contribution in [0, 0.1) is 0 Å². The first-order valence-corrected chi connectivity index (χ1v) is 10.1. The summed E-state index contributed by atoms with van der Waals surface area (Å²) < 4.78 is 7.77. The highest BCUT2D eigenvalue weighted by Gasteiger charge is 2.39. The summed E-state index contributed by atoms with van der Waals surface area (Å²) in [6.45, 7) is 3.63. The molecule has 0 saturated heterocycles. The van der Waals surface area contributed by atoms with E-state index >= 15 is 0 Å². The first-order chi connectivity index (χ1) is 14.5. The van der Waals surface area contributed by atoms with Crippen molar-refractivity contribution >= 4 is 0 Å². The van der Waals surface area contributed by atoms with E-state index in [4.69, 9.17) is 9.84 Å². The van der Waals surface area contributed by atoms with Gasteiger partial charge in [-0.25, -0.2) is 4.68 Å². The second kappa shape index (κ2) is 8.17. The number of ether oxygens (including phenoxy) is 1. The van der Waals surface area contributed by atoms with Gasteiger partial charge < -0.3 is 9.84 Å². The van der Waals surface area contributed by atoms with Crippen LogP contribution in [-0.4, -0.2) is 27.1 Å². The lowest BCUT2D eigenvalue weighted by Crippen LogP contribution is -2.38. The van der Waals surface area contributed by atoms with Gasteiger partial charge in [0.1, 0.15) is 12.1 Å². The van der Waals surface area contributed by atoms with Crippen LogP contribution >= 0.6 is 0 Å². The molecule has 1 aromatic heterocycles. The number of hydrogen-bond acceptors (Lipinski definition) is 3. The van der Waals surface area contributed by atoms with Crippen LogP contribution < -0.4 is 4.74 Å². The number of rotatable bonds is 7. The monoisotopic (exact) mass is 398 g/mol. The van der Waals surface area contributed by atoms with E-state index in [9.17, 15) is 5.11 Å². The Morgan fingerprint density at radius 2 is 1.20 bits per heavy atom. The summed E-state index contributed by atoms with van der Waals surface area (Å²) in [5.74, 6) is 0.615. The summed E-state index contributed by atoms with van der Waals surface area (Å²) in [4.78, 5) is 0. The smallest absolute Gasteiger partial charge is 0.157 e. The Hall–Kier alpha value is -3.37. The second-order valence-corrected chi connectivity index (χ2v) is 8.03. The molecule has 0 unspecified atom stereocenters. The molecule has 0 aliphatic heterocycles. The van der Waals surface area contributed by atoms with Gasteiger partial charge in [0.25, 0.3) is 0 Å². The molecule has 152 valence electrons. The van der Waals surface area contributed by atoms with Gasteiger partial charge in [-0.3, -0.25) is 0 Å². The van der Waals surface area contributed by atoms with E-state index in [-0.39, 0.29) is 6.61 Å². The van der Waals surface area contributed by atoms with Crippen LogP contribution in [0.2, 0.25) is 0 Å². The van der Waals surface area contributed by atoms with Crippen molar-refractivity contribution in [2.45, 2.75) is 25.0 Å². The van der Waals surface area contributed by atoms with Gasteiger partial charge in [0.15, 0.2) is 5.75 Å². The van der Waals surface area contributed by atoms with E-state index in [1.54, 1.807) is 20.0 Å². The highest BCUT2D eigenvalue weighted by Crippen LogP contribution is 2.40. The van der Waals surface area contributed by atoms with Crippen molar-refractivity contribution in [2.24, 2.45) is 0 Å². The molecular weight excluding hydrogens is 372 g/mol. The fourth-order valence-corrected chi connectivity index (χ4v) is 3.76. The topological polar surface area (TPSA) is 47.3 Å². The first-order valence-electron chi connectivity index (χ1n) is 10.1. The maximum atomic E-state index is 10.0. The van der Waals surface area contributed by atoms with Crippen LogP contribution in [-0.2, 0) is 5.54 Å². The third-order valence-corrected chi connectivity index (χ3v) is 5.07. The molecule has 0 aliphatic rings. The van der Waals surface area contributed by atoms with Crippen molar-refractivity contribution in [1.82, 2.24) is 9.78 Å². The summed E-state index contributed by atoms with van der Waals surface area (Å²) in [7, 11) is 0. The molecule has 4 nitrogen and oxygen atoms in total. The minimum absolute atomic E-state index is 0.188. The van der Waals surface area contributed by atoms with Crippen molar-refractivity contribution < 1.29 is 9.84 Å². The molecule has 3 aromatic carbocycles. The summed E-state index contributed by atoms with van der Waals surface area (Å²) in [5, 5.41) is 14.8. The van der Waals surface area contributed by atoms with Crippen LogP contribution in [0.3, 0.4) is 0 Å². The Labute approximate surface area is 177 Å². The molecule has 0 saturated carbocycles. The molecule has 0 aliphatic carbocycles. The zero-order chi connectivity index (χ0) is 21.0. The van der Waals surface area contributed by atoms with Crippen molar-refractivity contribution in [3.05, 3.63) is 120 Å². The standard InChI is InChI=1S/C26H26N2O2/c1-25(2,29)20-30-24-18-27-28(19-24)26(21-12-6-3-7-13-21,22-14-8-4-9-15-22)23-16-10-5-11-17-23/h3-19,29H,20H2,1-2H3. The van der Waals surface area contributed by atoms with Crippen molar-refractivity contribution in [3.63, 3.8) is 0 Å². The highest BCUT2D eigenvalue weighted by atomic mass is 16.5. The summed E-state index contributed by atoms with van der Waals surface area (Å²) in [6, 6.07) is 31.1. The SMILES string of the molecule is CC(C)(O)COc1cnn(C(c2ccccc2)(c2ccccc2)c2ccccc2)c1. The van der Waals surface area contributed by atoms with Crippen molar-refractivity contribution in [2.75, 3.05) is 6.61 Å². The fourth-order valence-electron chi connectivity index (χ4n) is 3.76. The van der Waals surface area contributed by atoms with Gasteiger partial charge in [-0.05, 0) is 30.5 Å². The molecule has 30 heavy (non-hydrogen) atoms. The normalized spacial score (nSPS) is 12.0. The number of benzene rings is 3. The number of aromatic nitrogens is 2. The summed E-state index contributed by atoms with van der Waals surface area (Å²) in [5.41, 5.74) is 1.70. The molecule has 0 atom stereocenters. The highest BCUT2D eigenvalue weighted by molar-refractivity contribution is 5.50. The molecule has 0 amide bonds. The maximum Gasteiger partial charge on any atom is 0.157 e. The molecule has 1 heterocycles. The van der Waals surface area contributed by atoms with Gasteiger partial charge in [-0.2, -0.15) is 5.10 Å². The predicted molar refractivity (Wildman–Crippen MR) is 119 cm³/mol. The Morgan fingerprint density at radius 1 is 0.767 bits per heavy atom. The van der Waals surface area contributed by atoms with Gasteiger partial charge in [-0.15, -0.1) is 0 Å². The van der Waals surface area contributed by atoms with E-state index in [0.717, 1.165) is 16.7 Å². The van der Waals surface area contributed by atoms with E-state index in [0.29, 0.717) is 5.75 Å². The van der Waals surface area contributed by atoms with Crippen LogP contribution in [0.5, 0.6) is 5.75 Å². The lowest BCUT2D eigenvalue weighted by Gasteiger charge is -2.36. The number of nitrogens with zero attached hydrogens (tertiary/aromatic N) is 2. The zero-order valence-corrected chi connectivity index (χ0v) is 17.3. The predicted octanol–water partition coefficient (Wildman–Crippen LogP) is 4.87. The second-order valence-electron chi connectivity index (χ2n) is 8.03. The molecular formula is C26H26N2O2. The van der Waals surface area contributed by atoms with E-state index in [1.165, 1.54) is 0 Å². The Morgan fingerprint density at radius 3 is 1.60 bits per heavy atom. The zero-order valence-electron chi connectivity index (χ0n) is 17.3. The van der Waals surface area contributed by atoms with Crippen LogP contribution in [0.1, 0.15) is 30.5 Å². The molecule has 0 radical (unpaired) electrons. The molecule has 4 aromatic rings. The first kappa shape index (κ1) is 19.9. The van der Waals surface area contributed by atoms with Gasteiger partial charge in [0, 0.05) is 0 Å². The molecule has 0 fully saturated rings. The minimum Gasteiger partial charge on any atom is -0.487 e. The van der Waals surface area contributed by atoms with E-state index < -0.39 is 11.1 Å². The Bertz CT molecular complexity index is 972. The Balaban J connectivity index is 1.93. The molecule has 4 heteroatoms. The molecule has 1 N–H and O–H groups in total. The maximum absolute atomic E-state index is 10.0. The largest absolute Gasteiger partial charge is 0.487 e. The Kier molecular flexibility index (Phi) is 5.42. The average molecular weight is 399 g/mol. The third-order valence-electron chi connectivity index (χ3n) is 5.07. The quantitative estimate of drug-likeness (QED) is 0.452. The average Bonchev–Trinajstić information content (AvgIpc) is 3.24. The summed E-state index contributed by atoms with van der Waals surface area (Å²) >= 11 is 0. The van der Waals surface area contributed by atoms with Gasteiger partial charge in [-0.1, -0.05) is 91.0 Å². The van der Waals surface area contributed by atoms with Gasteiger partial charge in [0.05, 0.1) is 18.0 Å². The van der Waals surface area contributed by atoms with Crippen LogP contribution in [0.15, 0.2) is 103 Å². The van der Waals surface area contributed by atoms with Crippen LogP contribution in [0.25, 0.3) is 0 Å². The van der Waals surface area contributed by atoms with E-state index in [1.807, 2.05) is 65.5 Å². The van der Waals surface area contributed by atoms with E-state index in [2.05, 4.69) is 36.4 Å². The minimum atomic E-state index is -0.919. The lowest BCUT2D eigenvalue weighted by molar-refractivity contribution is 0.0284.